The maximum absolute atomic E-state index is 13.9. The summed E-state index contributed by atoms with van der Waals surface area (Å²) in [6.45, 7) is 14.6. The normalized spacial score (nSPS) is 20.3. The third-order valence-electron chi connectivity index (χ3n) is 12.6. The predicted octanol–water partition coefficient (Wildman–Crippen LogP) is 8.12. The number of imide groups is 1. The molecule has 3 aromatic rings. The molecule has 17 heteroatoms. The number of allylic oxidation sites excluding steroid dienone is 2. The molecule has 2 aliphatic heterocycles. The predicted molar refractivity (Wildman–Crippen MR) is 234 cm³/mol. The van der Waals surface area contributed by atoms with Crippen LogP contribution in [0, 0.1) is 5.92 Å². The van der Waals surface area contributed by atoms with Gasteiger partial charge < -0.3 is 47.5 Å². The summed E-state index contributed by atoms with van der Waals surface area (Å²) in [4.78, 5) is 73.2. The van der Waals surface area contributed by atoms with E-state index in [1.807, 2.05) is 20.8 Å². The van der Waals surface area contributed by atoms with Crippen molar-refractivity contribution in [2.75, 3.05) is 27.6 Å². The second kappa shape index (κ2) is 18.8. The van der Waals surface area contributed by atoms with Gasteiger partial charge >= 0.3 is 17.9 Å². The molecular formula is C47H55NO15Si. The lowest BCUT2D eigenvalue weighted by molar-refractivity contribution is -0.181. The van der Waals surface area contributed by atoms with E-state index < -0.39 is 68.4 Å². The van der Waals surface area contributed by atoms with Gasteiger partial charge in [0.15, 0.2) is 35.7 Å². The molecule has 2 amide bonds. The summed E-state index contributed by atoms with van der Waals surface area (Å²) in [6, 6.07) is 11.2. The second-order valence-electron chi connectivity index (χ2n) is 15.9. The van der Waals surface area contributed by atoms with Crippen LogP contribution in [-0.2, 0) is 28.7 Å². The molecule has 0 saturated carbocycles. The Bertz CT molecular complexity index is 2390. The molecule has 0 saturated heterocycles. The van der Waals surface area contributed by atoms with Crippen LogP contribution in [0.1, 0.15) is 106 Å². The maximum atomic E-state index is 13.9. The number of carbonyl (C=O) groups excluding carboxylic acids is 5. The van der Waals surface area contributed by atoms with Crippen molar-refractivity contribution in [2.24, 2.45) is 5.92 Å². The van der Waals surface area contributed by atoms with E-state index in [2.05, 4.69) is 0 Å². The molecule has 2 heterocycles. The summed E-state index contributed by atoms with van der Waals surface area (Å²) in [5.41, 5.74) is -0.678. The van der Waals surface area contributed by atoms with Crippen LogP contribution in [0.25, 0.3) is 11.1 Å². The first-order valence-corrected chi connectivity index (χ1v) is 23.7. The number of nitrogens with zero attached hydrogens (tertiary/aromatic N) is 1. The van der Waals surface area contributed by atoms with Crippen molar-refractivity contribution < 1.29 is 71.5 Å². The molecule has 0 radical (unpaired) electrons. The Kier molecular flexibility index (Phi) is 13.8. The van der Waals surface area contributed by atoms with Gasteiger partial charge in [-0.3, -0.25) is 9.59 Å². The Labute approximate surface area is 373 Å². The minimum absolute atomic E-state index is 0.0250. The van der Waals surface area contributed by atoms with Crippen LogP contribution in [0.15, 0.2) is 59.7 Å². The zero-order chi connectivity index (χ0) is 46.8. The molecule has 3 aromatic carbocycles. The van der Waals surface area contributed by atoms with Crippen molar-refractivity contribution in [1.29, 1.82) is 0 Å². The van der Waals surface area contributed by atoms with Crippen LogP contribution < -0.4 is 28.1 Å². The van der Waals surface area contributed by atoms with Crippen LogP contribution in [0.5, 0.6) is 34.5 Å². The van der Waals surface area contributed by atoms with E-state index >= 15 is 0 Å². The molecule has 0 unspecified atom stereocenters. The van der Waals surface area contributed by atoms with Gasteiger partial charge in [0, 0.05) is 39.3 Å². The smallest absolute Gasteiger partial charge is 0.370 e. The lowest BCUT2D eigenvalue weighted by Crippen LogP contribution is -2.46. The van der Waals surface area contributed by atoms with E-state index in [0.717, 1.165) is 0 Å². The maximum Gasteiger partial charge on any atom is 0.370 e. The molecule has 0 aromatic heterocycles. The van der Waals surface area contributed by atoms with E-state index in [1.165, 1.54) is 33.3 Å². The van der Waals surface area contributed by atoms with Gasteiger partial charge in [-0.05, 0) is 77.0 Å². The average molecular weight is 902 g/mol. The molecule has 1 aliphatic carbocycles. The lowest BCUT2D eigenvalue weighted by Gasteiger charge is -2.44. The third-order valence-corrected chi connectivity index (χ3v) is 17.1. The fraction of sp³-hybridized carbons (Fsp3) is 0.426. The minimum Gasteiger partial charge on any atom is -0.541 e. The number of hydroxylamine groups is 2. The largest absolute Gasteiger partial charge is 0.541 e. The van der Waals surface area contributed by atoms with Gasteiger partial charge in [0.25, 0.3) is 20.1 Å². The molecule has 6 rings (SSSR count). The summed E-state index contributed by atoms with van der Waals surface area (Å²) in [7, 11) is 0.153. The summed E-state index contributed by atoms with van der Waals surface area (Å²) in [6.07, 6.45) is 0.274. The number of rotatable bonds is 15. The summed E-state index contributed by atoms with van der Waals surface area (Å²) in [5.74, 6) is -4.86. The van der Waals surface area contributed by atoms with Gasteiger partial charge in [-0.2, -0.15) is 0 Å². The first-order chi connectivity index (χ1) is 30.5. The highest BCUT2D eigenvalue weighted by Gasteiger charge is 2.52. The number of methoxy groups -OCH3 is 2. The van der Waals surface area contributed by atoms with Gasteiger partial charge in [-0.1, -0.05) is 57.0 Å². The number of esters is 2. The number of benzene rings is 3. The molecule has 0 bridgehead atoms. The van der Waals surface area contributed by atoms with Crippen molar-refractivity contribution in [2.45, 2.75) is 98.3 Å². The highest BCUT2D eigenvalue weighted by atomic mass is 28.4. The topological polar surface area (TPSA) is 192 Å². The first-order valence-electron chi connectivity index (χ1n) is 21.1. The number of ether oxygens (including phenoxy) is 7. The first kappa shape index (κ1) is 47.2. The zero-order valence-corrected chi connectivity index (χ0v) is 39.0. The fourth-order valence-corrected chi connectivity index (χ4v) is 10.6. The molecule has 0 spiro atoms. The van der Waals surface area contributed by atoms with Gasteiger partial charge in [-0.15, -0.1) is 0 Å². The van der Waals surface area contributed by atoms with Gasteiger partial charge in [0.05, 0.1) is 25.3 Å². The monoisotopic (exact) mass is 901 g/mol. The van der Waals surface area contributed by atoms with Gasteiger partial charge in [-0.25, -0.2) is 14.4 Å². The summed E-state index contributed by atoms with van der Waals surface area (Å²) in [5, 5.41) is 13.4. The number of carbonyl (C=O) groups is 5. The van der Waals surface area contributed by atoms with E-state index in [4.69, 9.17) is 42.4 Å². The summed E-state index contributed by atoms with van der Waals surface area (Å²) < 4.78 is 50.4. The number of amides is 2. The second-order valence-corrected chi connectivity index (χ2v) is 20.6. The quantitative estimate of drug-likeness (QED) is 0.0665. The number of hydrogen-bond acceptors (Lipinski definition) is 15. The molecule has 0 fully saturated rings. The van der Waals surface area contributed by atoms with Crippen LogP contribution in [-0.4, -0.2) is 81.4 Å². The lowest BCUT2D eigenvalue weighted by atomic mass is 9.71. The van der Waals surface area contributed by atoms with E-state index in [-0.39, 0.29) is 85.8 Å². The van der Waals surface area contributed by atoms with Crippen molar-refractivity contribution >= 4 is 38.0 Å². The van der Waals surface area contributed by atoms with Crippen LogP contribution >= 0.6 is 0 Å². The molecule has 4 atom stereocenters. The van der Waals surface area contributed by atoms with E-state index in [9.17, 15) is 29.1 Å². The van der Waals surface area contributed by atoms with Crippen LogP contribution in [0.3, 0.4) is 0 Å². The van der Waals surface area contributed by atoms with E-state index in [1.54, 1.807) is 71.0 Å². The SMILES string of the molecule is C/C=C(/C)C(=O)O[C@H]1c2cc3c(c(OCC(=O)ON4C(=O)c5ccccc5C4=O)c2-c2c(cc(OC)c(OC)c2O[Si](CC)(CC)CC)[C@H](OC(=O)/C(C)=C\C)[C@@](C)(O)[C@H]1C)OCO3. The average Bonchev–Trinajstić information content (AvgIpc) is 3.87. The molecule has 3 aliphatic rings. The van der Waals surface area contributed by atoms with Crippen LogP contribution in [0.2, 0.25) is 18.1 Å². The third kappa shape index (κ3) is 8.29. The molecule has 342 valence electrons. The summed E-state index contributed by atoms with van der Waals surface area (Å²) >= 11 is 0. The van der Waals surface area contributed by atoms with E-state index in [0.29, 0.717) is 23.2 Å². The molecule has 16 nitrogen and oxygen atoms in total. The fourth-order valence-electron chi connectivity index (χ4n) is 8.01. The Morgan fingerprint density at radius 3 is 1.97 bits per heavy atom. The number of fused-ring (bicyclic) bond motifs is 5. The molecule has 64 heavy (non-hydrogen) atoms. The highest BCUT2D eigenvalue weighted by Crippen LogP contribution is 2.62. The van der Waals surface area contributed by atoms with Crippen molar-refractivity contribution in [3.8, 4) is 45.6 Å². The standard InChI is InChI=1S/C47H55NO15Si/c1-12-25(6)45(52)60-37-27(8)47(9,54)42(61-46(53)26(7)13-2)31-22-32(55-10)38(56-11)41(63-64(14-3,15-4)16-5)36(31)35-30(37)21-33-39(59-24-58-33)40(35)57-23-34(49)62-48-43(50)28-19-17-18-20-29(28)44(48)51/h12-13,17-22,27,37,42,54H,14-16,23-24H2,1-11H3/b25-12-,26-13-/t27-,37+,42-,47-/m0/s1. The zero-order valence-electron chi connectivity index (χ0n) is 38.0. The Balaban J connectivity index is 1.70. The Morgan fingerprint density at radius 2 is 1.42 bits per heavy atom. The number of hydrogen-bond donors (Lipinski definition) is 1. The van der Waals surface area contributed by atoms with Crippen molar-refractivity contribution in [3.05, 3.63) is 82.0 Å². The molecular weight excluding hydrogens is 847 g/mol. The minimum atomic E-state index is -2.72. The highest BCUT2D eigenvalue weighted by molar-refractivity contribution is 6.74. The molecule has 1 N–H and O–H groups in total. The van der Waals surface area contributed by atoms with Gasteiger partial charge in [0.1, 0.15) is 11.7 Å². The van der Waals surface area contributed by atoms with Gasteiger partial charge in [0.2, 0.25) is 18.3 Å². The van der Waals surface area contributed by atoms with Crippen LogP contribution in [0.4, 0.5) is 0 Å². The van der Waals surface area contributed by atoms with Crippen molar-refractivity contribution in [1.82, 2.24) is 5.06 Å². The Morgan fingerprint density at radius 1 is 0.844 bits per heavy atom. The number of aliphatic hydroxyl groups is 1. The van der Waals surface area contributed by atoms with Crippen molar-refractivity contribution in [3.63, 3.8) is 0 Å². The Hall–Kier alpha value is -6.33.